The molecule has 11 rings (SSSR count). The van der Waals surface area contributed by atoms with Gasteiger partial charge in [-0.15, -0.1) is 0 Å². The highest BCUT2D eigenvalue weighted by Crippen LogP contribution is 2.67. The first-order valence-electron chi connectivity index (χ1n) is 13.2. The van der Waals surface area contributed by atoms with Crippen LogP contribution in [0.4, 0.5) is 0 Å². The van der Waals surface area contributed by atoms with Gasteiger partial charge in [0.25, 0.3) is 0 Å². The van der Waals surface area contributed by atoms with Crippen LogP contribution in [0, 0.1) is 23.7 Å². The Kier molecular flexibility index (Phi) is 3.51. The van der Waals surface area contributed by atoms with Crippen molar-refractivity contribution in [2.75, 3.05) is 0 Å². The summed E-state index contributed by atoms with van der Waals surface area (Å²) in [5.74, 6) is -0.568. The van der Waals surface area contributed by atoms with Gasteiger partial charge >= 0.3 is 0 Å². The van der Waals surface area contributed by atoms with Crippen LogP contribution in [0.1, 0.15) is 68.2 Å². The highest BCUT2D eigenvalue weighted by Gasteiger charge is 2.66. The Labute approximate surface area is 210 Å². The number of hydrogen-bond acceptors (Lipinski definition) is 2. The second-order valence-electron chi connectivity index (χ2n) is 11.3. The predicted octanol–water partition coefficient (Wildman–Crippen LogP) is 6.19. The highest BCUT2D eigenvalue weighted by atomic mass is 16.1. The average molecular weight is 465 g/mol. The molecule has 1 fully saturated rings. The van der Waals surface area contributed by atoms with Crippen LogP contribution in [0.3, 0.4) is 0 Å². The van der Waals surface area contributed by atoms with Gasteiger partial charge in [0, 0.05) is 47.3 Å². The second kappa shape index (κ2) is 6.50. The quantitative estimate of drug-likeness (QED) is 0.311. The van der Waals surface area contributed by atoms with Crippen molar-refractivity contribution >= 4 is 11.6 Å². The van der Waals surface area contributed by atoms with E-state index in [1.165, 1.54) is 44.5 Å². The van der Waals surface area contributed by atoms with Gasteiger partial charge in [-0.2, -0.15) is 0 Å². The van der Waals surface area contributed by atoms with E-state index < -0.39 is 0 Å². The van der Waals surface area contributed by atoms with Crippen LogP contribution < -0.4 is 0 Å². The standard InChI is InChI=1S/C34H24O2/c35-33-29-25-17-9-1-2-10-18(17)26(20-12-4-3-11-19(20)25)30(29)34(36)32-28-23-15-7-5-13-21(23)27(31(32)33)22-14-6-8-16-24(22)28/h1-16,25-32H/t25?,26?,27?,28?,29-,30+,31+,32-. The first-order chi connectivity index (χ1) is 17.8. The molecule has 0 amide bonds. The smallest absolute Gasteiger partial charge is 0.142 e. The molecular weight excluding hydrogens is 440 g/mol. The molecule has 1 saturated carbocycles. The van der Waals surface area contributed by atoms with Crippen LogP contribution in [0.15, 0.2) is 97.1 Å². The number of carbonyl (C=O) groups is 2. The number of Topliss-reactive ketones (excluding diaryl/α,β-unsaturated/α-hetero) is 2. The SMILES string of the molecule is O=C1[C@@H]2C3c4ccccc4C(c4ccccc43)[C@@H]2C(=O)[C@@H]2C3c4ccccc4C(c4ccccc43)[C@H]12. The summed E-state index contributed by atoms with van der Waals surface area (Å²) in [7, 11) is 0. The van der Waals surface area contributed by atoms with E-state index in [0.717, 1.165) is 0 Å². The molecule has 4 aromatic rings. The highest BCUT2D eigenvalue weighted by molar-refractivity contribution is 6.05. The van der Waals surface area contributed by atoms with Gasteiger partial charge in [0.1, 0.15) is 11.6 Å². The van der Waals surface area contributed by atoms with Gasteiger partial charge in [-0.05, 0) is 44.5 Å². The van der Waals surface area contributed by atoms with Crippen molar-refractivity contribution < 1.29 is 9.59 Å². The van der Waals surface area contributed by atoms with Gasteiger partial charge in [0.2, 0.25) is 0 Å². The molecule has 36 heavy (non-hydrogen) atoms. The number of carbonyl (C=O) groups excluding carboxylic acids is 2. The number of rotatable bonds is 0. The zero-order valence-electron chi connectivity index (χ0n) is 19.7. The van der Waals surface area contributed by atoms with Crippen molar-refractivity contribution in [3.63, 3.8) is 0 Å². The molecular formula is C34H24O2. The predicted molar refractivity (Wildman–Crippen MR) is 137 cm³/mol. The van der Waals surface area contributed by atoms with Gasteiger partial charge in [0.15, 0.2) is 0 Å². The molecule has 0 saturated heterocycles. The number of hydrogen-bond donors (Lipinski definition) is 0. The summed E-state index contributed by atoms with van der Waals surface area (Å²) in [4.78, 5) is 29.6. The molecule has 4 bridgehead atoms. The van der Waals surface area contributed by atoms with E-state index in [-0.39, 0.29) is 47.3 Å². The summed E-state index contributed by atoms with van der Waals surface area (Å²) < 4.78 is 0. The van der Waals surface area contributed by atoms with Gasteiger partial charge in [-0.1, -0.05) is 97.1 Å². The molecule has 7 aliphatic rings. The van der Waals surface area contributed by atoms with Crippen LogP contribution in [0.2, 0.25) is 0 Å². The summed E-state index contributed by atoms with van der Waals surface area (Å²) in [5, 5.41) is 0. The summed E-state index contributed by atoms with van der Waals surface area (Å²) in [5.41, 5.74) is 10.0. The fraction of sp³-hybridized carbons (Fsp3) is 0.235. The van der Waals surface area contributed by atoms with Crippen LogP contribution in [0.5, 0.6) is 0 Å². The van der Waals surface area contributed by atoms with Crippen LogP contribution in [-0.4, -0.2) is 11.6 Å². The maximum atomic E-state index is 14.8. The molecule has 2 heteroatoms. The maximum Gasteiger partial charge on any atom is 0.142 e. The first-order valence-corrected chi connectivity index (χ1v) is 13.2. The minimum atomic E-state index is -0.271. The van der Waals surface area contributed by atoms with Gasteiger partial charge < -0.3 is 0 Å². The van der Waals surface area contributed by atoms with Crippen molar-refractivity contribution in [2.45, 2.75) is 23.7 Å². The fourth-order valence-corrected chi connectivity index (χ4v) is 9.17. The summed E-state index contributed by atoms with van der Waals surface area (Å²) in [6.07, 6.45) is 0. The van der Waals surface area contributed by atoms with Crippen molar-refractivity contribution in [2.24, 2.45) is 23.7 Å². The molecule has 0 radical (unpaired) electrons. The Bertz CT molecular complexity index is 1310. The van der Waals surface area contributed by atoms with Crippen molar-refractivity contribution in [1.29, 1.82) is 0 Å². The molecule has 0 unspecified atom stereocenters. The number of ketones is 2. The Hall–Kier alpha value is -3.78. The fourth-order valence-electron chi connectivity index (χ4n) is 9.17. The van der Waals surface area contributed by atoms with Crippen LogP contribution in [0.25, 0.3) is 0 Å². The lowest BCUT2D eigenvalue weighted by atomic mass is 9.42. The van der Waals surface area contributed by atoms with Crippen molar-refractivity contribution in [3.05, 3.63) is 142 Å². The van der Waals surface area contributed by atoms with E-state index in [9.17, 15) is 9.59 Å². The average Bonchev–Trinajstić information content (AvgIpc) is 2.95. The zero-order chi connectivity index (χ0) is 23.7. The van der Waals surface area contributed by atoms with Crippen molar-refractivity contribution in [3.8, 4) is 0 Å². The minimum Gasteiger partial charge on any atom is -0.299 e. The summed E-state index contributed by atoms with van der Waals surface area (Å²) >= 11 is 0. The van der Waals surface area contributed by atoms with Crippen molar-refractivity contribution in [1.82, 2.24) is 0 Å². The van der Waals surface area contributed by atoms with E-state index in [1.807, 2.05) is 0 Å². The third-order valence-electron chi connectivity index (χ3n) is 10.2. The van der Waals surface area contributed by atoms with E-state index >= 15 is 0 Å². The molecule has 0 aliphatic heterocycles. The Balaban J connectivity index is 1.32. The lowest BCUT2D eigenvalue weighted by Gasteiger charge is -2.59. The van der Waals surface area contributed by atoms with E-state index in [0.29, 0.717) is 11.6 Å². The molecule has 4 aromatic carbocycles. The normalized spacial score (nSPS) is 33.7. The topological polar surface area (TPSA) is 34.1 Å². The molecule has 4 atom stereocenters. The first kappa shape index (κ1) is 19.4. The lowest BCUT2D eigenvalue weighted by molar-refractivity contribution is -0.152. The molecule has 0 heterocycles. The summed E-state index contributed by atoms with van der Waals surface area (Å²) in [6, 6.07) is 34.3. The number of benzene rings is 4. The van der Waals surface area contributed by atoms with E-state index in [1.54, 1.807) is 0 Å². The van der Waals surface area contributed by atoms with Gasteiger partial charge in [-0.25, -0.2) is 0 Å². The van der Waals surface area contributed by atoms with Crippen LogP contribution >= 0.6 is 0 Å². The van der Waals surface area contributed by atoms with Gasteiger partial charge in [-0.3, -0.25) is 9.59 Å². The maximum absolute atomic E-state index is 14.8. The van der Waals surface area contributed by atoms with Crippen LogP contribution in [-0.2, 0) is 9.59 Å². The molecule has 172 valence electrons. The monoisotopic (exact) mass is 464 g/mol. The molecule has 7 aliphatic carbocycles. The third-order valence-corrected chi connectivity index (χ3v) is 10.2. The largest absolute Gasteiger partial charge is 0.299 e. The van der Waals surface area contributed by atoms with Gasteiger partial charge in [0.05, 0.1) is 0 Å². The third kappa shape index (κ3) is 2.05. The Morgan fingerprint density at radius 2 is 0.472 bits per heavy atom. The molecule has 0 N–H and O–H groups in total. The van der Waals surface area contributed by atoms with E-state index in [2.05, 4.69) is 97.1 Å². The minimum absolute atomic E-state index is 0.0317. The Morgan fingerprint density at radius 3 is 0.639 bits per heavy atom. The zero-order valence-corrected chi connectivity index (χ0v) is 19.7. The van der Waals surface area contributed by atoms with E-state index in [4.69, 9.17) is 0 Å². The second-order valence-corrected chi connectivity index (χ2v) is 11.3. The lowest BCUT2D eigenvalue weighted by Crippen LogP contribution is -2.60. The molecule has 0 aromatic heterocycles. The Morgan fingerprint density at radius 1 is 0.306 bits per heavy atom. The molecule has 0 spiro atoms. The summed E-state index contributed by atoms with van der Waals surface area (Å²) in [6.45, 7) is 0. The molecule has 2 nitrogen and oxygen atoms in total.